The highest BCUT2D eigenvalue weighted by Crippen LogP contribution is 2.33. The molecule has 0 aliphatic heterocycles. The van der Waals surface area contributed by atoms with Crippen LogP contribution in [0.4, 0.5) is 17.6 Å². The number of carbonyl (C=O) groups excluding carboxylic acids is 1. The molecule has 0 spiro atoms. The Morgan fingerprint density at radius 1 is 1.23 bits per heavy atom. The van der Waals surface area contributed by atoms with Gasteiger partial charge in [-0.2, -0.15) is 13.2 Å². The highest BCUT2D eigenvalue weighted by Gasteiger charge is 2.42. The average Bonchev–Trinajstić information content (AvgIpc) is 3.32. The Labute approximate surface area is 172 Å². The number of hydrogen-bond donors (Lipinski definition) is 1. The Bertz CT molecular complexity index is 1050. The molecule has 1 aliphatic carbocycles. The van der Waals surface area contributed by atoms with Gasteiger partial charge in [0.25, 0.3) is 5.91 Å². The largest absolute Gasteiger partial charge is 0.435 e. The maximum Gasteiger partial charge on any atom is 0.435 e. The minimum Gasteiger partial charge on any atom is -0.350 e. The van der Waals surface area contributed by atoms with Crippen LogP contribution in [-0.4, -0.2) is 32.4 Å². The molecule has 1 amide bonds. The van der Waals surface area contributed by atoms with Crippen molar-refractivity contribution in [2.75, 3.05) is 6.54 Å². The average molecular weight is 439 g/mol. The molecule has 4 rings (SSSR count). The standard InChI is InChI=1S/C19H17F4N5OS/c20-11-4-3-5-12(10-11)28-17(19(21,22)23)16(26-27-28)18(29)24-9-8-15-25-13-6-1-2-7-14(13)30-15/h3-5,10H,1-2,6-9H2,(H,24,29). The van der Waals surface area contributed by atoms with Gasteiger partial charge >= 0.3 is 6.18 Å². The summed E-state index contributed by atoms with van der Waals surface area (Å²) in [5, 5.41) is 10.1. The van der Waals surface area contributed by atoms with Gasteiger partial charge in [-0.05, 0) is 43.9 Å². The van der Waals surface area contributed by atoms with Gasteiger partial charge in [-0.15, -0.1) is 16.4 Å². The first-order valence-corrected chi connectivity index (χ1v) is 10.2. The van der Waals surface area contributed by atoms with Gasteiger partial charge in [0.05, 0.1) is 16.4 Å². The lowest BCUT2D eigenvalue weighted by molar-refractivity contribution is -0.143. The summed E-state index contributed by atoms with van der Waals surface area (Å²) < 4.78 is 54.7. The fourth-order valence-corrected chi connectivity index (χ4v) is 4.51. The van der Waals surface area contributed by atoms with Gasteiger partial charge < -0.3 is 5.32 Å². The van der Waals surface area contributed by atoms with Crippen LogP contribution in [0, 0.1) is 5.82 Å². The summed E-state index contributed by atoms with van der Waals surface area (Å²) in [5.41, 5.74) is -1.30. The minimum absolute atomic E-state index is 0.120. The number of amides is 1. The van der Waals surface area contributed by atoms with Crippen molar-refractivity contribution in [3.05, 3.63) is 57.0 Å². The number of carbonyl (C=O) groups is 1. The molecule has 0 saturated carbocycles. The van der Waals surface area contributed by atoms with Crippen LogP contribution in [0.1, 0.15) is 44.6 Å². The molecule has 3 aromatic rings. The van der Waals surface area contributed by atoms with Crippen LogP contribution in [0.2, 0.25) is 0 Å². The predicted molar refractivity (Wildman–Crippen MR) is 101 cm³/mol. The van der Waals surface area contributed by atoms with E-state index in [4.69, 9.17) is 0 Å². The fourth-order valence-electron chi connectivity index (χ4n) is 3.36. The number of aromatic nitrogens is 4. The van der Waals surface area contributed by atoms with Crippen LogP contribution in [0.5, 0.6) is 0 Å². The van der Waals surface area contributed by atoms with Gasteiger partial charge in [0.15, 0.2) is 11.4 Å². The Hall–Kier alpha value is -2.82. The van der Waals surface area contributed by atoms with E-state index in [1.807, 2.05) is 0 Å². The van der Waals surface area contributed by atoms with Gasteiger partial charge in [0.1, 0.15) is 5.82 Å². The molecule has 0 fully saturated rings. The molecule has 0 atom stereocenters. The number of nitrogens with one attached hydrogen (secondary N) is 1. The third kappa shape index (κ3) is 4.20. The molecule has 30 heavy (non-hydrogen) atoms. The van der Waals surface area contributed by atoms with E-state index in [-0.39, 0.29) is 12.2 Å². The molecule has 2 aromatic heterocycles. The van der Waals surface area contributed by atoms with E-state index in [1.165, 1.54) is 17.0 Å². The second kappa shape index (κ2) is 8.13. The molecular formula is C19H17F4N5OS. The molecule has 0 radical (unpaired) electrons. The van der Waals surface area contributed by atoms with E-state index in [0.29, 0.717) is 11.1 Å². The highest BCUT2D eigenvalue weighted by atomic mass is 32.1. The van der Waals surface area contributed by atoms with Gasteiger partial charge in [-0.1, -0.05) is 11.3 Å². The summed E-state index contributed by atoms with van der Waals surface area (Å²) >= 11 is 1.58. The summed E-state index contributed by atoms with van der Waals surface area (Å²) in [4.78, 5) is 18.2. The molecule has 6 nitrogen and oxygen atoms in total. The Balaban J connectivity index is 1.50. The number of halogens is 4. The van der Waals surface area contributed by atoms with Crippen LogP contribution in [-0.2, 0) is 25.4 Å². The number of benzene rings is 1. The monoisotopic (exact) mass is 439 g/mol. The number of aryl methyl sites for hydroxylation is 2. The SMILES string of the molecule is O=C(NCCc1nc2c(s1)CCCC2)c1nnn(-c2cccc(F)c2)c1C(F)(F)F. The van der Waals surface area contributed by atoms with Gasteiger partial charge in [0, 0.05) is 17.8 Å². The summed E-state index contributed by atoms with van der Waals surface area (Å²) in [6, 6.07) is 4.48. The lowest BCUT2D eigenvalue weighted by atomic mass is 10.0. The molecule has 158 valence electrons. The molecule has 1 aromatic carbocycles. The molecule has 1 aliphatic rings. The first-order valence-electron chi connectivity index (χ1n) is 9.37. The van der Waals surface area contributed by atoms with Crippen molar-refractivity contribution in [3.8, 4) is 5.69 Å². The lowest BCUT2D eigenvalue weighted by Crippen LogP contribution is -2.29. The highest BCUT2D eigenvalue weighted by molar-refractivity contribution is 7.11. The lowest BCUT2D eigenvalue weighted by Gasteiger charge is -2.11. The number of rotatable bonds is 5. The van der Waals surface area contributed by atoms with Gasteiger partial charge in [0.2, 0.25) is 0 Å². The van der Waals surface area contributed by atoms with Crippen molar-refractivity contribution in [3.63, 3.8) is 0 Å². The summed E-state index contributed by atoms with van der Waals surface area (Å²) in [6.45, 7) is 0.120. The number of fused-ring (bicyclic) bond motifs is 1. The summed E-state index contributed by atoms with van der Waals surface area (Å²) in [7, 11) is 0. The summed E-state index contributed by atoms with van der Waals surface area (Å²) in [6.07, 6.45) is -0.311. The van der Waals surface area contributed by atoms with Crippen molar-refractivity contribution in [1.82, 2.24) is 25.3 Å². The molecular weight excluding hydrogens is 422 g/mol. The van der Waals surface area contributed by atoms with Crippen LogP contribution in [0.3, 0.4) is 0 Å². The number of nitrogens with zero attached hydrogens (tertiary/aromatic N) is 4. The molecule has 0 saturated heterocycles. The van der Waals surface area contributed by atoms with Crippen molar-refractivity contribution >= 4 is 17.2 Å². The first-order chi connectivity index (χ1) is 14.3. The maximum atomic E-state index is 13.6. The molecule has 2 heterocycles. The Morgan fingerprint density at radius 3 is 2.77 bits per heavy atom. The van der Waals surface area contributed by atoms with E-state index in [9.17, 15) is 22.4 Å². The number of thiazole rings is 1. The zero-order chi connectivity index (χ0) is 21.3. The third-order valence-electron chi connectivity index (χ3n) is 4.72. The number of alkyl halides is 3. The predicted octanol–water partition coefficient (Wildman–Crippen LogP) is 3.73. The third-order valence-corrected chi connectivity index (χ3v) is 5.94. The zero-order valence-corrected chi connectivity index (χ0v) is 16.5. The quantitative estimate of drug-likeness (QED) is 0.615. The van der Waals surface area contributed by atoms with E-state index in [2.05, 4.69) is 20.6 Å². The Kier molecular flexibility index (Phi) is 5.54. The second-order valence-electron chi connectivity index (χ2n) is 6.87. The van der Waals surface area contributed by atoms with Gasteiger partial charge in [-0.25, -0.2) is 14.1 Å². The first kappa shape index (κ1) is 20.5. The van der Waals surface area contributed by atoms with Crippen molar-refractivity contribution < 1.29 is 22.4 Å². The zero-order valence-electron chi connectivity index (χ0n) is 15.7. The Morgan fingerprint density at radius 2 is 2.03 bits per heavy atom. The fraction of sp³-hybridized carbons (Fsp3) is 0.368. The maximum absolute atomic E-state index is 13.6. The van der Waals surface area contributed by atoms with Crippen LogP contribution < -0.4 is 5.32 Å². The minimum atomic E-state index is -4.91. The van der Waals surface area contributed by atoms with Crippen molar-refractivity contribution in [2.24, 2.45) is 0 Å². The van der Waals surface area contributed by atoms with Crippen molar-refractivity contribution in [2.45, 2.75) is 38.3 Å². The molecule has 11 heteroatoms. The van der Waals surface area contributed by atoms with Crippen molar-refractivity contribution in [1.29, 1.82) is 0 Å². The second-order valence-corrected chi connectivity index (χ2v) is 8.03. The molecule has 1 N–H and O–H groups in total. The van der Waals surface area contributed by atoms with E-state index < -0.39 is 29.3 Å². The topological polar surface area (TPSA) is 72.7 Å². The van der Waals surface area contributed by atoms with Gasteiger partial charge in [-0.3, -0.25) is 4.79 Å². The van der Waals surface area contributed by atoms with Crippen LogP contribution in [0.15, 0.2) is 24.3 Å². The smallest absolute Gasteiger partial charge is 0.350 e. The van der Waals surface area contributed by atoms with E-state index in [0.717, 1.165) is 48.5 Å². The van der Waals surface area contributed by atoms with E-state index >= 15 is 0 Å². The van der Waals surface area contributed by atoms with Crippen LogP contribution >= 0.6 is 11.3 Å². The van der Waals surface area contributed by atoms with E-state index in [1.54, 1.807) is 11.3 Å². The van der Waals surface area contributed by atoms with Crippen LogP contribution in [0.25, 0.3) is 5.69 Å². The summed E-state index contributed by atoms with van der Waals surface area (Å²) in [5.74, 6) is -1.72. The normalized spacial score (nSPS) is 13.9. The number of hydrogen-bond acceptors (Lipinski definition) is 5. The molecule has 0 unspecified atom stereocenters. The molecule has 0 bridgehead atoms.